The van der Waals surface area contributed by atoms with E-state index < -0.39 is 0 Å². The maximum atomic E-state index is 13.0. The maximum Gasteiger partial charge on any atom is 0.240 e. The van der Waals surface area contributed by atoms with E-state index in [0.29, 0.717) is 23.5 Å². The molecule has 156 valence electrons. The van der Waals surface area contributed by atoms with Gasteiger partial charge in [-0.1, -0.05) is 12.1 Å². The molecule has 7 heteroatoms. The third-order valence-corrected chi connectivity index (χ3v) is 6.86. The van der Waals surface area contributed by atoms with Crippen molar-refractivity contribution in [1.29, 1.82) is 0 Å². The average molecular weight is 418 g/mol. The molecular formula is C22H28FN3O2S. The van der Waals surface area contributed by atoms with Crippen LogP contribution in [0.1, 0.15) is 43.6 Å². The number of amides is 1. The lowest BCUT2D eigenvalue weighted by Crippen LogP contribution is -2.44. The van der Waals surface area contributed by atoms with Crippen molar-refractivity contribution >= 4 is 22.4 Å². The number of aromatic nitrogens is 1. The zero-order chi connectivity index (χ0) is 20.5. The topological polar surface area (TPSA) is 54.5 Å². The average Bonchev–Trinajstić information content (AvgIpc) is 3.23. The van der Waals surface area contributed by atoms with Gasteiger partial charge in [-0.05, 0) is 69.3 Å². The van der Waals surface area contributed by atoms with Gasteiger partial charge >= 0.3 is 0 Å². The molecule has 0 bridgehead atoms. The van der Waals surface area contributed by atoms with E-state index in [1.54, 1.807) is 18.3 Å². The lowest BCUT2D eigenvalue weighted by Gasteiger charge is -2.38. The van der Waals surface area contributed by atoms with Crippen LogP contribution in [0.3, 0.4) is 0 Å². The molecule has 1 N–H and O–H groups in total. The van der Waals surface area contributed by atoms with Gasteiger partial charge in [-0.15, -0.1) is 11.3 Å². The number of hydrogen-bond donors (Lipinski definition) is 1. The first-order valence-electron chi connectivity index (χ1n) is 10.2. The van der Waals surface area contributed by atoms with E-state index in [-0.39, 0.29) is 17.3 Å². The summed E-state index contributed by atoms with van der Waals surface area (Å²) in [6, 6.07) is 6.46. The highest BCUT2D eigenvalue weighted by Gasteiger charge is 2.45. The molecule has 2 aliphatic rings. The lowest BCUT2D eigenvalue weighted by atomic mass is 9.74. The summed E-state index contributed by atoms with van der Waals surface area (Å²) in [5.74, 6) is -0.259. The molecule has 0 atom stereocenters. The standard InChI is InChI=1S/C22H28FN3O2S/c1-21(2)14-22(15-28-21)7-9-26(10-8-22)13-19(27)25-20-24-12-18(29-20)11-16-3-5-17(23)6-4-16/h3-6,12H,7-11,13-15H2,1-2H3,(H,24,25,27). The van der Waals surface area contributed by atoms with Crippen LogP contribution in [0.25, 0.3) is 0 Å². The first kappa shape index (κ1) is 20.4. The molecule has 0 radical (unpaired) electrons. The van der Waals surface area contributed by atoms with Crippen LogP contribution in [0.4, 0.5) is 9.52 Å². The number of piperidine rings is 1. The van der Waals surface area contributed by atoms with Gasteiger partial charge in [0.15, 0.2) is 5.13 Å². The predicted molar refractivity (Wildman–Crippen MR) is 113 cm³/mol. The van der Waals surface area contributed by atoms with E-state index in [1.807, 2.05) is 0 Å². The number of halogens is 1. The Bertz CT molecular complexity index is 857. The van der Waals surface area contributed by atoms with Crippen molar-refractivity contribution in [3.05, 3.63) is 46.7 Å². The fourth-order valence-electron chi connectivity index (χ4n) is 4.47. The van der Waals surface area contributed by atoms with Crippen LogP contribution < -0.4 is 5.32 Å². The zero-order valence-corrected chi connectivity index (χ0v) is 17.9. The molecule has 4 rings (SSSR count). The van der Waals surface area contributed by atoms with Crippen molar-refractivity contribution in [2.45, 2.75) is 45.1 Å². The molecule has 2 aromatic rings. The number of anilines is 1. The van der Waals surface area contributed by atoms with Crippen LogP contribution in [0.2, 0.25) is 0 Å². The van der Waals surface area contributed by atoms with Crippen LogP contribution in [0, 0.1) is 11.2 Å². The van der Waals surface area contributed by atoms with Crippen LogP contribution >= 0.6 is 11.3 Å². The first-order chi connectivity index (χ1) is 13.8. The summed E-state index contributed by atoms with van der Waals surface area (Å²) in [5, 5.41) is 3.54. The molecule has 5 nitrogen and oxygen atoms in total. The van der Waals surface area contributed by atoms with E-state index in [2.05, 4.69) is 29.0 Å². The summed E-state index contributed by atoms with van der Waals surface area (Å²) in [7, 11) is 0. The Labute approximate surface area is 175 Å². The highest BCUT2D eigenvalue weighted by atomic mass is 32.1. The molecule has 1 aromatic heterocycles. The number of hydrogen-bond acceptors (Lipinski definition) is 5. The number of likely N-dealkylation sites (tertiary alicyclic amines) is 1. The van der Waals surface area contributed by atoms with Crippen molar-refractivity contribution in [2.75, 3.05) is 31.6 Å². The molecule has 1 aromatic carbocycles. The summed E-state index contributed by atoms with van der Waals surface area (Å²) in [6.45, 7) is 7.43. The molecule has 2 saturated heterocycles. The molecule has 0 saturated carbocycles. The van der Waals surface area contributed by atoms with Crippen molar-refractivity contribution in [1.82, 2.24) is 9.88 Å². The fourth-order valence-corrected chi connectivity index (χ4v) is 5.34. The van der Waals surface area contributed by atoms with Gasteiger partial charge in [-0.3, -0.25) is 9.69 Å². The van der Waals surface area contributed by atoms with Gasteiger partial charge in [0.05, 0.1) is 18.8 Å². The largest absolute Gasteiger partial charge is 0.375 e. The maximum absolute atomic E-state index is 13.0. The van der Waals surface area contributed by atoms with Gasteiger partial charge in [-0.2, -0.15) is 0 Å². The van der Waals surface area contributed by atoms with Crippen molar-refractivity contribution < 1.29 is 13.9 Å². The van der Waals surface area contributed by atoms with Gasteiger partial charge in [0, 0.05) is 17.5 Å². The van der Waals surface area contributed by atoms with E-state index in [1.165, 1.54) is 23.5 Å². The summed E-state index contributed by atoms with van der Waals surface area (Å²) in [6.07, 6.45) is 5.73. The summed E-state index contributed by atoms with van der Waals surface area (Å²) >= 11 is 1.47. The number of thiazole rings is 1. The summed E-state index contributed by atoms with van der Waals surface area (Å²) < 4.78 is 19.0. The predicted octanol–water partition coefficient (Wildman–Crippen LogP) is 4.09. The summed E-state index contributed by atoms with van der Waals surface area (Å²) in [5.41, 5.74) is 1.30. The molecule has 2 aliphatic heterocycles. The van der Waals surface area contributed by atoms with E-state index in [4.69, 9.17) is 4.74 Å². The number of benzene rings is 1. The van der Waals surface area contributed by atoms with E-state index in [0.717, 1.165) is 49.4 Å². The molecule has 0 unspecified atom stereocenters. The van der Waals surface area contributed by atoms with Crippen LogP contribution in [0.15, 0.2) is 30.5 Å². The first-order valence-corrected chi connectivity index (χ1v) is 11.0. The highest BCUT2D eigenvalue weighted by Crippen LogP contribution is 2.46. The minimum Gasteiger partial charge on any atom is -0.375 e. The third-order valence-electron chi connectivity index (χ3n) is 5.95. The second kappa shape index (κ2) is 8.13. The number of carbonyl (C=O) groups excluding carboxylic acids is 1. The van der Waals surface area contributed by atoms with Gasteiger partial charge in [0.25, 0.3) is 0 Å². The molecule has 0 aliphatic carbocycles. The fraction of sp³-hybridized carbons (Fsp3) is 0.545. The van der Waals surface area contributed by atoms with E-state index in [9.17, 15) is 9.18 Å². The van der Waals surface area contributed by atoms with Gasteiger partial charge in [0.2, 0.25) is 5.91 Å². The smallest absolute Gasteiger partial charge is 0.240 e. The lowest BCUT2D eigenvalue weighted by molar-refractivity contribution is -0.117. The number of rotatable bonds is 5. The summed E-state index contributed by atoms with van der Waals surface area (Å²) in [4.78, 5) is 20.0. The quantitative estimate of drug-likeness (QED) is 0.796. The monoisotopic (exact) mass is 417 g/mol. The van der Waals surface area contributed by atoms with Crippen molar-refractivity contribution in [3.63, 3.8) is 0 Å². The van der Waals surface area contributed by atoms with Gasteiger partial charge < -0.3 is 10.1 Å². The number of carbonyl (C=O) groups is 1. The number of nitrogens with zero attached hydrogens (tertiary/aromatic N) is 2. The Morgan fingerprint density at radius 3 is 2.66 bits per heavy atom. The van der Waals surface area contributed by atoms with E-state index >= 15 is 0 Å². The SMILES string of the molecule is CC1(C)CC2(CCN(CC(=O)Nc3ncc(Cc4ccc(F)cc4)s3)CC2)CO1. The zero-order valence-electron chi connectivity index (χ0n) is 17.0. The van der Waals surface area contributed by atoms with Gasteiger partial charge in [-0.25, -0.2) is 9.37 Å². The highest BCUT2D eigenvalue weighted by molar-refractivity contribution is 7.15. The van der Waals surface area contributed by atoms with Crippen molar-refractivity contribution in [3.8, 4) is 0 Å². The molecule has 29 heavy (non-hydrogen) atoms. The minimum atomic E-state index is -0.237. The molecular weight excluding hydrogens is 389 g/mol. The minimum absolute atomic E-state index is 0.0179. The van der Waals surface area contributed by atoms with Crippen molar-refractivity contribution in [2.24, 2.45) is 5.41 Å². The molecule has 3 heterocycles. The van der Waals surface area contributed by atoms with Crippen LogP contribution in [-0.2, 0) is 16.0 Å². The second-order valence-corrected chi connectivity index (χ2v) is 10.1. The Morgan fingerprint density at radius 2 is 2.00 bits per heavy atom. The molecule has 1 amide bonds. The van der Waals surface area contributed by atoms with Crippen LogP contribution in [0.5, 0.6) is 0 Å². The normalized spacial score (nSPS) is 20.8. The number of nitrogens with one attached hydrogen (secondary N) is 1. The Kier molecular flexibility index (Phi) is 5.73. The van der Waals surface area contributed by atoms with Gasteiger partial charge in [0.1, 0.15) is 5.82 Å². The molecule has 2 fully saturated rings. The number of ether oxygens (including phenoxy) is 1. The third kappa shape index (κ3) is 5.21. The second-order valence-electron chi connectivity index (χ2n) is 8.98. The molecule has 1 spiro atoms. The van der Waals surface area contributed by atoms with Crippen LogP contribution in [-0.4, -0.2) is 47.6 Å². The Morgan fingerprint density at radius 1 is 1.28 bits per heavy atom. The Hall–Kier alpha value is -1.83. The Balaban J connectivity index is 1.24.